The summed E-state index contributed by atoms with van der Waals surface area (Å²) < 4.78 is 10.5. The van der Waals surface area contributed by atoms with E-state index in [-0.39, 0.29) is 18.4 Å². The van der Waals surface area contributed by atoms with Gasteiger partial charge in [0.1, 0.15) is 11.4 Å². The van der Waals surface area contributed by atoms with Gasteiger partial charge in [0.2, 0.25) is 5.88 Å². The molecule has 0 spiro atoms. The zero-order valence-corrected chi connectivity index (χ0v) is 14.8. The predicted octanol–water partition coefficient (Wildman–Crippen LogP) is 4.97. The number of nitrogens with zero attached hydrogens (tertiary/aromatic N) is 1. The van der Waals surface area contributed by atoms with Gasteiger partial charge in [-0.3, -0.25) is 10.1 Å². The highest BCUT2D eigenvalue weighted by Gasteiger charge is 2.10. The smallest absolute Gasteiger partial charge is 0.264 e. The Bertz CT molecular complexity index is 892. The highest BCUT2D eigenvalue weighted by atomic mass is 35.5. The molecule has 1 amide bonds. The number of anilines is 1. The van der Waals surface area contributed by atoms with E-state index in [0.717, 1.165) is 11.1 Å². The molecule has 0 unspecified atom stereocenters. The van der Waals surface area contributed by atoms with E-state index in [2.05, 4.69) is 10.5 Å². The largest absolute Gasteiger partial charge is 0.484 e. The normalized spacial score (nSPS) is 10.5. The second-order valence-corrected chi connectivity index (χ2v) is 6.17. The van der Waals surface area contributed by atoms with E-state index < -0.39 is 0 Å². The summed E-state index contributed by atoms with van der Waals surface area (Å²) in [5.41, 5.74) is 2.70. The van der Waals surface area contributed by atoms with Crippen LogP contribution in [0, 0.1) is 6.92 Å². The number of benzene rings is 2. The Morgan fingerprint density at radius 3 is 2.60 bits per heavy atom. The van der Waals surface area contributed by atoms with Crippen molar-refractivity contribution in [2.45, 2.75) is 6.92 Å². The van der Waals surface area contributed by atoms with Crippen LogP contribution in [0.1, 0.15) is 5.56 Å². The molecule has 25 heavy (non-hydrogen) atoms. The summed E-state index contributed by atoms with van der Waals surface area (Å²) in [5.74, 6) is 0.318. The fourth-order valence-electron chi connectivity index (χ4n) is 2.08. The number of halogens is 2. The first kappa shape index (κ1) is 17.3. The number of carbonyl (C=O) groups is 1. The van der Waals surface area contributed by atoms with Gasteiger partial charge < -0.3 is 9.26 Å². The summed E-state index contributed by atoms with van der Waals surface area (Å²) in [4.78, 5) is 11.9. The molecular formula is C18H14Cl2N2O3. The number of aryl methyl sites for hydroxylation is 1. The number of nitrogens with one attached hydrogen (secondary N) is 1. The second kappa shape index (κ2) is 7.59. The number of hydrogen-bond donors (Lipinski definition) is 1. The molecule has 0 aliphatic carbocycles. The maximum Gasteiger partial charge on any atom is 0.264 e. The van der Waals surface area contributed by atoms with E-state index in [0.29, 0.717) is 21.5 Å². The molecule has 0 radical (unpaired) electrons. The van der Waals surface area contributed by atoms with Crippen LogP contribution in [0.4, 0.5) is 5.88 Å². The minimum Gasteiger partial charge on any atom is -0.484 e. The van der Waals surface area contributed by atoms with E-state index in [1.54, 1.807) is 24.3 Å². The van der Waals surface area contributed by atoms with Crippen molar-refractivity contribution in [1.82, 2.24) is 5.16 Å². The van der Waals surface area contributed by atoms with Crippen molar-refractivity contribution in [3.05, 3.63) is 64.1 Å². The number of rotatable bonds is 5. The van der Waals surface area contributed by atoms with Crippen molar-refractivity contribution in [2.24, 2.45) is 0 Å². The lowest BCUT2D eigenvalue weighted by Crippen LogP contribution is -2.19. The summed E-state index contributed by atoms with van der Waals surface area (Å²) in [6, 6.07) is 14.3. The minimum absolute atomic E-state index is 0.196. The molecule has 3 rings (SSSR count). The number of ether oxygens (including phenoxy) is 1. The molecule has 0 saturated heterocycles. The van der Waals surface area contributed by atoms with Crippen molar-refractivity contribution < 1.29 is 14.1 Å². The molecule has 1 aromatic heterocycles. The predicted molar refractivity (Wildman–Crippen MR) is 97.3 cm³/mol. The average Bonchev–Trinajstić information content (AvgIpc) is 3.05. The van der Waals surface area contributed by atoms with E-state index in [1.165, 1.54) is 0 Å². The van der Waals surface area contributed by atoms with Gasteiger partial charge in [0, 0.05) is 17.7 Å². The Morgan fingerprint density at radius 2 is 1.88 bits per heavy atom. The molecule has 7 heteroatoms. The van der Waals surface area contributed by atoms with Crippen LogP contribution in [0.25, 0.3) is 11.3 Å². The summed E-state index contributed by atoms with van der Waals surface area (Å²) in [6.07, 6.45) is 0. The number of carbonyl (C=O) groups excluding carboxylic acids is 1. The van der Waals surface area contributed by atoms with E-state index >= 15 is 0 Å². The average molecular weight is 377 g/mol. The van der Waals surface area contributed by atoms with Crippen molar-refractivity contribution in [1.29, 1.82) is 0 Å². The lowest BCUT2D eigenvalue weighted by Gasteiger charge is -2.06. The van der Waals surface area contributed by atoms with Gasteiger partial charge in [-0.2, -0.15) is 0 Å². The van der Waals surface area contributed by atoms with Crippen LogP contribution in [-0.4, -0.2) is 17.7 Å². The highest BCUT2D eigenvalue weighted by molar-refractivity contribution is 6.42. The summed E-state index contributed by atoms with van der Waals surface area (Å²) in [5, 5.41) is 7.31. The van der Waals surface area contributed by atoms with Gasteiger partial charge >= 0.3 is 0 Å². The van der Waals surface area contributed by atoms with Crippen molar-refractivity contribution in [3.63, 3.8) is 0 Å². The van der Waals surface area contributed by atoms with E-state index in [9.17, 15) is 4.79 Å². The lowest BCUT2D eigenvalue weighted by atomic mass is 10.1. The summed E-state index contributed by atoms with van der Waals surface area (Å²) >= 11 is 11.7. The van der Waals surface area contributed by atoms with Crippen LogP contribution in [0.5, 0.6) is 5.75 Å². The van der Waals surface area contributed by atoms with E-state index in [4.69, 9.17) is 32.5 Å². The first-order valence-electron chi connectivity index (χ1n) is 7.43. The van der Waals surface area contributed by atoms with Crippen LogP contribution in [0.2, 0.25) is 10.0 Å². The quantitative estimate of drug-likeness (QED) is 0.682. The van der Waals surface area contributed by atoms with Gasteiger partial charge in [-0.05, 0) is 19.1 Å². The van der Waals surface area contributed by atoms with E-state index in [1.807, 2.05) is 31.2 Å². The third kappa shape index (κ3) is 4.53. The van der Waals surface area contributed by atoms with Crippen LogP contribution in [0.15, 0.2) is 53.1 Å². The Balaban J connectivity index is 1.58. The summed E-state index contributed by atoms with van der Waals surface area (Å²) in [6.45, 7) is 1.81. The van der Waals surface area contributed by atoms with Gasteiger partial charge in [0.15, 0.2) is 6.61 Å². The number of hydrogen-bond acceptors (Lipinski definition) is 4. The molecule has 3 aromatic rings. The molecular weight excluding hydrogens is 363 g/mol. The Labute approximate surface area is 154 Å². The zero-order valence-electron chi connectivity index (χ0n) is 13.3. The molecule has 0 bridgehead atoms. The first-order chi connectivity index (χ1) is 12.0. The standard InChI is InChI=1S/C18H14Cl2N2O3/c1-11-2-4-12(5-3-11)16-9-18(25-22-16)21-17(23)10-24-13-6-7-14(19)15(20)8-13/h2-9H,10H2,1H3,(H,21,23). The fourth-order valence-corrected chi connectivity index (χ4v) is 2.37. The SMILES string of the molecule is Cc1ccc(-c2cc(NC(=O)COc3ccc(Cl)c(Cl)c3)on2)cc1. The second-order valence-electron chi connectivity index (χ2n) is 5.36. The highest BCUT2D eigenvalue weighted by Crippen LogP contribution is 2.26. The zero-order chi connectivity index (χ0) is 17.8. The molecule has 128 valence electrons. The van der Waals surface area contributed by atoms with Gasteiger partial charge in [-0.1, -0.05) is 58.2 Å². The van der Waals surface area contributed by atoms with Crippen molar-refractivity contribution >= 4 is 35.0 Å². The Hall–Kier alpha value is -2.50. The molecule has 0 saturated carbocycles. The maximum atomic E-state index is 11.9. The van der Waals surface area contributed by atoms with Gasteiger partial charge in [-0.15, -0.1) is 0 Å². The maximum absolute atomic E-state index is 11.9. The van der Waals surface area contributed by atoms with Crippen molar-refractivity contribution in [2.75, 3.05) is 11.9 Å². The molecule has 5 nitrogen and oxygen atoms in total. The van der Waals surface area contributed by atoms with Crippen LogP contribution in [0.3, 0.4) is 0 Å². The molecule has 2 aromatic carbocycles. The monoisotopic (exact) mass is 376 g/mol. The minimum atomic E-state index is -0.377. The van der Waals surface area contributed by atoms with Crippen LogP contribution in [-0.2, 0) is 4.79 Å². The topological polar surface area (TPSA) is 64.4 Å². The summed E-state index contributed by atoms with van der Waals surface area (Å²) in [7, 11) is 0. The fraction of sp³-hybridized carbons (Fsp3) is 0.111. The molecule has 0 aliphatic rings. The Morgan fingerprint density at radius 1 is 1.12 bits per heavy atom. The first-order valence-corrected chi connectivity index (χ1v) is 8.18. The van der Waals surface area contributed by atoms with Crippen LogP contribution < -0.4 is 10.1 Å². The van der Waals surface area contributed by atoms with Crippen LogP contribution >= 0.6 is 23.2 Å². The van der Waals surface area contributed by atoms with Gasteiger partial charge in [0.25, 0.3) is 5.91 Å². The third-order valence-electron chi connectivity index (χ3n) is 3.38. The van der Waals surface area contributed by atoms with Gasteiger partial charge in [0.05, 0.1) is 10.0 Å². The Kier molecular flexibility index (Phi) is 5.26. The molecule has 0 aliphatic heterocycles. The lowest BCUT2D eigenvalue weighted by molar-refractivity contribution is -0.118. The number of amides is 1. The third-order valence-corrected chi connectivity index (χ3v) is 4.12. The molecule has 1 heterocycles. The van der Waals surface area contributed by atoms with Crippen molar-refractivity contribution in [3.8, 4) is 17.0 Å². The molecule has 1 N–H and O–H groups in total. The number of aromatic nitrogens is 1. The van der Waals surface area contributed by atoms with Gasteiger partial charge in [-0.25, -0.2) is 0 Å². The molecule has 0 fully saturated rings. The molecule has 0 atom stereocenters.